The summed E-state index contributed by atoms with van der Waals surface area (Å²) in [5.74, 6) is 0.365. The molecule has 0 aliphatic heterocycles. The molecule has 0 radical (unpaired) electrons. The standard InChI is InChI=1S/C26H31NO3S/c1-18-13-15-20(16-14-18)25(28)27(21-11-7-4-8-12-21)22-17-23(19-9-5-3-6-10-19)31-24(22)26(29)30-2/h4,7-9,11-12,17-18,20H,3,5-6,10,13-16H2,1-2H3/t18-,20-. The number of hydrogen-bond acceptors (Lipinski definition) is 4. The Morgan fingerprint density at radius 1 is 1.06 bits per heavy atom. The maximum absolute atomic E-state index is 13.8. The van der Waals surface area contributed by atoms with E-state index in [1.165, 1.54) is 30.4 Å². The van der Waals surface area contributed by atoms with Gasteiger partial charge in [0.1, 0.15) is 4.88 Å². The zero-order chi connectivity index (χ0) is 21.8. The number of esters is 1. The van der Waals surface area contributed by atoms with Gasteiger partial charge in [0.25, 0.3) is 0 Å². The first kappa shape index (κ1) is 21.8. The molecule has 0 unspecified atom stereocenters. The van der Waals surface area contributed by atoms with Crippen molar-refractivity contribution < 1.29 is 14.3 Å². The van der Waals surface area contributed by atoms with E-state index >= 15 is 0 Å². The Morgan fingerprint density at radius 2 is 1.81 bits per heavy atom. The summed E-state index contributed by atoms with van der Waals surface area (Å²) >= 11 is 1.45. The first-order valence-corrected chi connectivity index (χ1v) is 12.2. The van der Waals surface area contributed by atoms with Gasteiger partial charge in [-0.1, -0.05) is 31.2 Å². The highest BCUT2D eigenvalue weighted by Crippen LogP contribution is 2.42. The Bertz CT molecular complexity index is 954. The van der Waals surface area contributed by atoms with E-state index in [1.54, 1.807) is 4.90 Å². The van der Waals surface area contributed by atoms with Crippen LogP contribution in [0.3, 0.4) is 0 Å². The van der Waals surface area contributed by atoms with Gasteiger partial charge in [-0.3, -0.25) is 9.69 Å². The maximum Gasteiger partial charge on any atom is 0.350 e. The summed E-state index contributed by atoms with van der Waals surface area (Å²) in [6.45, 7) is 2.26. The van der Waals surface area contributed by atoms with Gasteiger partial charge in [-0.05, 0) is 81.1 Å². The van der Waals surface area contributed by atoms with Crippen LogP contribution in [0.25, 0.3) is 5.57 Å². The molecule has 164 valence electrons. The molecule has 1 aromatic carbocycles. The van der Waals surface area contributed by atoms with E-state index in [-0.39, 0.29) is 17.8 Å². The molecule has 2 aliphatic carbocycles. The number of thiophene rings is 1. The zero-order valence-electron chi connectivity index (χ0n) is 18.4. The van der Waals surface area contributed by atoms with Crippen molar-refractivity contribution in [2.45, 2.75) is 58.3 Å². The SMILES string of the molecule is COC(=O)c1sc(C2=CCCCC2)cc1N(c1ccccc1)C(=O)[C@H]1CC[C@H](C)CC1. The van der Waals surface area contributed by atoms with Gasteiger partial charge in [-0.2, -0.15) is 0 Å². The lowest BCUT2D eigenvalue weighted by molar-refractivity contribution is -0.122. The number of nitrogens with zero attached hydrogens (tertiary/aromatic N) is 1. The van der Waals surface area contributed by atoms with E-state index in [0.29, 0.717) is 16.5 Å². The average molecular weight is 438 g/mol. The number of para-hydroxylation sites is 1. The zero-order valence-corrected chi connectivity index (χ0v) is 19.2. The molecule has 1 fully saturated rings. The highest BCUT2D eigenvalue weighted by Gasteiger charge is 2.33. The molecule has 5 heteroatoms. The third-order valence-electron chi connectivity index (χ3n) is 6.53. The Balaban J connectivity index is 1.78. The molecule has 0 saturated heterocycles. The van der Waals surface area contributed by atoms with Crippen molar-refractivity contribution in [3.05, 3.63) is 52.2 Å². The average Bonchev–Trinajstić information content (AvgIpc) is 3.25. The minimum Gasteiger partial charge on any atom is -0.465 e. The monoisotopic (exact) mass is 437 g/mol. The number of anilines is 2. The van der Waals surface area contributed by atoms with Crippen LogP contribution >= 0.6 is 11.3 Å². The van der Waals surface area contributed by atoms with Crippen molar-refractivity contribution in [3.63, 3.8) is 0 Å². The second-order valence-corrected chi connectivity index (χ2v) is 9.81. The van der Waals surface area contributed by atoms with E-state index in [4.69, 9.17) is 4.74 Å². The van der Waals surface area contributed by atoms with Gasteiger partial charge in [-0.15, -0.1) is 11.3 Å². The summed E-state index contributed by atoms with van der Waals surface area (Å²) in [6, 6.07) is 11.7. The fraction of sp³-hybridized carbons (Fsp3) is 0.462. The molecular weight excluding hydrogens is 406 g/mol. The van der Waals surface area contributed by atoms with Crippen molar-refractivity contribution in [2.75, 3.05) is 12.0 Å². The second-order valence-electron chi connectivity index (χ2n) is 8.76. The van der Waals surface area contributed by atoms with Gasteiger partial charge >= 0.3 is 5.97 Å². The van der Waals surface area contributed by atoms with E-state index in [1.807, 2.05) is 36.4 Å². The highest BCUT2D eigenvalue weighted by molar-refractivity contribution is 7.15. The third kappa shape index (κ3) is 4.77. The summed E-state index contributed by atoms with van der Waals surface area (Å²) < 4.78 is 5.12. The lowest BCUT2D eigenvalue weighted by atomic mass is 9.82. The van der Waals surface area contributed by atoms with Crippen LogP contribution in [-0.2, 0) is 9.53 Å². The van der Waals surface area contributed by atoms with Crippen LogP contribution in [0.5, 0.6) is 0 Å². The molecule has 1 heterocycles. The number of benzene rings is 1. The van der Waals surface area contributed by atoms with Crippen LogP contribution in [-0.4, -0.2) is 19.0 Å². The molecule has 1 amide bonds. The molecule has 4 rings (SSSR count). The summed E-state index contributed by atoms with van der Waals surface area (Å²) in [7, 11) is 1.41. The van der Waals surface area contributed by atoms with Crippen molar-refractivity contribution in [1.82, 2.24) is 0 Å². The smallest absolute Gasteiger partial charge is 0.350 e. The largest absolute Gasteiger partial charge is 0.465 e. The number of rotatable bonds is 5. The highest BCUT2D eigenvalue weighted by atomic mass is 32.1. The van der Waals surface area contributed by atoms with Crippen molar-refractivity contribution in [2.24, 2.45) is 11.8 Å². The third-order valence-corrected chi connectivity index (χ3v) is 7.71. The van der Waals surface area contributed by atoms with E-state index < -0.39 is 0 Å². The lowest BCUT2D eigenvalue weighted by Gasteiger charge is -2.31. The summed E-state index contributed by atoms with van der Waals surface area (Å²) in [5, 5.41) is 0. The van der Waals surface area contributed by atoms with Gasteiger partial charge in [0.05, 0.1) is 12.8 Å². The maximum atomic E-state index is 13.8. The molecule has 31 heavy (non-hydrogen) atoms. The molecule has 2 aliphatic rings. The van der Waals surface area contributed by atoms with E-state index in [2.05, 4.69) is 13.0 Å². The molecule has 4 nitrogen and oxygen atoms in total. The molecular formula is C26H31NO3S. The van der Waals surface area contributed by atoms with E-state index in [0.717, 1.165) is 55.5 Å². The van der Waals surface area contributed by atoms with Crippen LogP contribution in [0.4, 0.5) is 11.4 Å². The fourth-order valence-electron chi connectivity index (χ4n) is 4.66. The second kappa shape index (κ2) is 9.82. The van der Waals surface area contributed by atoms with Crippen LogP contribution in [0.1, 0.15) is 72.8 Å². The van der Waals surface area contributed by atoms with Gasteiger partial charge in [0, 0.05) is 16.5 Å². The van der Waals surface area contributed by atoms with Gasteiger partial charge in [-0.25, -0.2) is 4.79 Å². The fourth-order valence-corrected chi connectivity index (χ4v) is 5.79. The summed E-state index contributed by atoms with van der Waals surface area (Å²) in [6.07, 6.45) is 10.7. The molecule has 1 saturated carbocycles. The molecule has 0 bridgehead atoms. The number of carbonyl (C=O) groups is 2. The molecule has 0 atom stereocenters. The number of allylic oxidation sites excluding steroid dienone is 2. The topological polar surface area (TPSA) is 46.6 Å². The summed E-state index contributed by atoms with van der Waals surface area (Å²) in [4.78, 5) is 29.9. The van der Waals surface area contributed by atoms with E-state index in [9.17, 15) is 9.59 Å². The Labute approximate surface area is 188 Å². The van der Waals surface area contributed by atoms with Gasteiger partial charge in [0.2, 0.25) is 5.91 Å². The van der Waals surface area contributed by atoms with Crippen molar-refractivity contribution >= 4 is 40.2 Å². The number of carbonyl (C=O) groups excluding carboxylic acids is 2. The predicted octanol–water partition coefficient (Wildman–Crippen LogP) is 6.98. The molecule has 1 aromatic heterocycles. The van der Waals surface area contributed by atoms with Crippen LogP contribution in [0, 0.1) is 11.8 Å². The lowest BCUT2D eigenvalue weighted by Crippen LogP contribution is -2.35. The minimum atomic E-state index is -0.381. The number of hydrogen-bond donors (Lipinski definition) is 0. The van der Waals surface area contributed by atoms with Crippen LogP contribution in [0.15, 0.2) is 42.5 Å². The molecule has 0 spiro atoms. The van der Waals surface area contributed by atoms with Gasteiger partial charge in [0.15, 0.2) is 0 Å². The normalized spacial score (nSPS) is 21.3. The Hall–Kier alpha value is -2.40. The predicted molar refractivity (Wildman–Crippen MR) is 127 cm³/mol. The first-order chi connectivity index (χ1) is 15.1. The van der Waals surface area contributed by atoms with Crippen LogP contribution in [0.2, 0.25) is 0 Å². The molecule has 0 N–H and O–H groups in total. The Morgan fingerprint density at radius 3 is 2.45 bits per heavy atom. The number of amides is 1. The minimum absolute atomic E-state index is 0.0147. The van der Waals surface area contributed by atoms with Gasteiger partial charge < -0.3 is 4.74 Å². The summed E-state index contributed by atoms with van der Waals surface area (Å²) in [5.41, 5.74) is 2.74. The quantitative estimate of drug-likeness (QED) is 0.474. The first-order valence-electron chi connectivity index (χ1n) is 11.4. The number of ether oxygens (including phenoxy) is 1. The molecule has 2 aromatic rings. The van der Waals surface area contributed by atoms with Crippen molar-refractivity contribution in [3.8, 4) is 0 Å². The Kier molecular flexibility index (Phi) is 6.91. The van der Waals surface area contributed by atoms with Crippen LogP contribution < -0.4 is 4.90 Å². The number of methoxy groups -OCH3 is 1. The van der Waals surface area contributed by atoms with Crippen molar-refractivity contribution in [1.29, 1.82) is 0 Å².